The first kappa shape index (κ1) is 20.0. The van der Waals surface area contributed by atoms with Gasteiger partial charge in [-0.15, -0.1) is 0 Å². The highest BCUT2D eigenvalue weighted by Gasteiger charge is 2.34. The number of nitrogens with zero attached hydrogens (tertiary/aromatic N) is 1. The van der Waals surface area contributed by atoms with E-state index < -0.39 is 22.0 Å². The lowest BCUT2D eigenvalue weighted by atomic mass is 10.1. The summed E-state index contributed by atoms with van der Waals surface area (Å²) in [5.41, 5.74) is 2.01. The molecule has 0 fully saturated rings. The van der Waals surface area contributed by atoms with Crippen LogP contribution in [0.3, 0.4) is 0 Å². The Morgan fingerprint density at radius 2 is 1.57 bits per heavy atom. The van der Waals surface area contributed by atoms with E-state index in [4.69, 9.17) is 0 Å². The number of carbonyl (C=O) groups is 2. The number of aryl methyl sites for hydroxylation is 1. The molecule has 1 aliphatic rings. The zero-order valence-electron chi connectivity index (χ0n) is 15.8. The standard InChI is InChI=1S/C20H21NO6S/c1-21(18-9-8-13-6-4-5-7-17(13)18)28(24,25)16-11-14(19(22)26-2)10-15(12-16)20(23)27-3/h4-7,10-12,18H,8-9H2,1-3H3. The molecule has 0 N–H and O–H groups in total. The van der Waals surface area contributed by atoms with Crippen molar-refractivity contribution in [3.63, 3.8) is 0 Å². The first-order chi connectivity index (χ1) is 13.3. The van der Waals surface area contributed by atoms with Gasteiger partial charge in [-0.3, -0.25) is 0 Å². The molecule has 8 heteroatoms. The molecule has 0 aliphatic heterocycles. The van der Waals surface area contributed by atoms with Gasteiger partial charge in [0.05, 0.1) is 36.3 Å². The smallest absolute Gasteiger partial charge is 0.337 e. The second-order valence-corrected chi connectivity index (χ2v) is 8.50. The maximum Gasteiger partial charge on any atom is 0.337 e. The Morgan fingerprint density at radius 1 is 1.00 bits per heavy atom. The van der Waals surface area contributed by atoms with Crippen molar-refractivity contribution in [1.82, 2.24) is 4.31 Å². The van der Waals surface area contributed by atoms with E-state index in [9.17, 15) is 18.0 Å². The summed E-state index contributed by atoms with van der Waals surface area (Å²) < 4.78 is 37.2. The van der Waals surface area contributed by atoms with Gasteiger partial charge in [-0.1, -0.05) is 24.3 Å². The Hall–Kier alpha value is -2.71. The van der Waals surface area contributed by atoms with E-state index in [1.807, 2.05) is 24.3 Å². The molecule has 0 spiro atoms. The number of benzene rings is 2. The summed E-state index contributed by atoms with van der Waals surface area (Å²) >= 11 is 0. The highest BCUT2D eigenvalue weighted by molar-refractivity contribution is 7.89. The number of hydrogen-bond acceptors (Lipinski definition) is 6. The number of sulfonamides is 1. The molecule has 0 aromatic heterocycles. The number of hydrogen-bond donors (Lipinski definition) is 0. The van der Waals surface area contributed by atoms with Gasteiger partial charge in [-0.25, -0.2) is 18.0 Å². The molecule has 3 rings (SSSR count). The lowest BCUT2D eigenvalue weighted by Gasteiger charge is -2.25. The van der Waals surface area contributed by atoms with E-state index in [-0.39, 0.29) is 22.1 Å². The summed E-state index contributed by atoms with van der Waals surface area (Å²) in [7, 11) is -0.104. The van der Waals surface area contributed by atoms with E-state index in [2.05, 4.69) is 9.47 Å². The van der Waals surface area contributed by atoms with E-state index in [1.165, 1.54) is 43.8 Å². The van der Waals surface area contributed by atoms with Crippen molar-refractivity contribution in [2.24, 2.45) is 0 Å². The topological polar surface area (TPSA) is 90.0 Å². The third-order valence-corrected chi connectivity index (χ3v) is 6.81. The maximum absolute atomic E-state index is 13.3. The van der Waals surface area contributed by atoms with Gasteiger partial charge >= 0.3 is 11.9 Å². The van der Waals surface area contributed by atoms with Crippen LogP contribution in [0, 0.1) is 0 Å². The fourth-order valence-electron chi connectivity index (χ4n) is 3.47. The molecule has 1 unspecified atom stereocenters. The van der Waals surface area contributed by atoms with E-state index in [0.717, 1.165) is 17.5 Å². The molecular formula is C20H21NO6S. The van der Waals surface area contributed by atoms with Crippen LogP contribution in [-0.2, 0) is 25.9 Å². The van der Waals surface area contributed by atoms with Crippen molar-refractivity contribution in [1.29, 1.82) is 0 Å². The number of methoxy groups -OCH3 is 2. The second kappa shape index (κ2) is 7.73. The molecule has 28 heavy (non-hydrogen) atoms. The first-order valence-electron chi connectivity index (χ1n) is 8.67. The van der Waals surface area contributed by atoms with E-state index in [1.54, 1.807) is 0 Å². The van der Waals surface area contributed by atoms with Crippen LogP contribution >= 0.6 is 0 Å². The average molecular weight is 403 g/mol. The van der Waals surface area contributed by atoms with Gasteiger partial charge in [0.25, 0.3) is 0 Å². The lowest BCUT2D eigenvalue weighted by Crippen LogP contribution is -2.30. The Kier molecular flexibility index (Phi) is 5.53. The number of esters is 2. The SMILES string of the molecule is COC(=O)c1cc(C(=O)OC)cc(S(=O)(=O)N(C)C2CCc3ccccc32)c1. The largest absolute Gasteiger partial charge is 0.465 e. The third-order valence-electron chi connectivity index (χ3n) is 4.97. The number of carbonyl (C=O) groups excluding carboxylic acids is 2. The van der Waals surface area contributed by atoms with E-state index >= 15 is 0 Å². The van der Waals surface area contributed by atoms with Crippen molar-refractivity contribution < 1.29 is 27.5 Å². The van der Waals surface area contributed by atoms with E-state index in [0.29, 0.717) is 6.42 Å². The fourth-order valence-corrected chi connectivity index (χ4v) is 4.90. The van der Waals surface area contributed by atoms with Crippen LogP contribution in [0.1, 0.15) is 44.3 Å². The van der Waals surface area contributed by atoms with Crippen LogP contribution in [0.25, 0.3) is 0 Å². The van der Waals surface area contributed by atoms with Crippen LogP contribution < -0.4 is 0 Å². The Bertz CT molecular complexity index is 996. The molecule has 1 atom stereocenters. The van der Waals surface area contributed by atoms with Crippen LogP contribution in [0.4, 0.5) is 0 Å². The van der Waals surface area contributed by atoms with Gasteiger partial charge in [-0.05, 0) is 42.2 Å². The molecule has 0 heterocycles. The molecular weight excluding hydrogens is 382 g/mol. The molecule has 2 aromatic carbocycles. The summed E-state index contributed by atoms with van der Waals surface area (Å²) in [6.45, 7) is 0. The van der Waals surface area contributed by atoms with Crippen molar-refractivity contribution in [2.45, 2.75) is 23.8 Å². The summed E-state index contributed by atoms with van der Waals surface area (Å²) in [5, 5.41) is 0. The molecule has 0 bridgehead atoms. The minimum atomic E-state index is -3.98. The Morgan fingerprint density at radius 3 is 2.14 bits per heavy atom. The molecule has 0 amide bonds. The fraction of sp³-hybridized carbons (Fsp3) is 0.300. The summed E-state index contributed by atoms with van der Waals surface area (Å²) in [6.07, 6.45) is 1.45. The zero-order chi connectivity index (χ0) is 20.5. The van der Waals surface area contributed by atoms with Crippen molar-refractivity contribution in [3.05, 3.63) is 64.7 Å². The molecule has 0 saturated carbocycles. The lowest BCUT2D eigenvalue weighted by molar-refractivity contribution is 0.0598. The molecule has 2 aromatic rings. The van der Waals surface area contributed by atoms with Crippen LogP contribution in [0.5, 0.6) is 0 Å². The number of ether oxygens (including phenoxy) is 2. The minimum Gasteiger partial charge on any atom is -0.465 e. The van der Waals surface area contributed by atoms with Gasteiger partial charge in [-0.2, -0.15) is 4.31 Å². The highest BCUT2D eigenvalue weighted by Crippen LogP contribution is 2.37. The Balaban J connectivity index is 2.06. The van der Waals surface area contributed by atoms with Gasteiger partial charge in [0.1, 0.15) is 0 Å². The van der Waals surface area contributed by atoms with Crippen molar-refractivity contribution >= 4 is 22.0 Å². The molecule has 0 saturated heterocycles. The van der Waals surface area contributed by atoms with Crippen LogP contribution in [0.2, 0.25) is 0 Å². The van der Waals surface area contributed by atoms with Gasteiger partial charge in [0, 0.05) is 7.05 Å². The van der Waals surface area contributed by atoms with Crippen LogP contribution in [0.15, 0.2) is 47.4 Å². The summed E-state index contributed by atoms with van der Waals surface area (Å²) in [6, 6.07) is 11.1. The van der Waals surface area contributed by atoms with Gasteiger partial charge in [0.2, 0.25) is 10.0 Å². The van der Waals surface area contributed by atoms with Crippen LogP contribution in [-0.4, -0.2) is 45.9 Å². The minimum absolute atomic E-state index is 0.0378. The number of rotatable bonds is 5. The molecule has 0 radical (unpaired) electrons. The first-order valence-corrected chi connectivity index (χ1v) is 10.1. The average Bonchev–Trinajstić information content (AvgIpc) is 3.15. The van der Waals surface area contributed by atoms with Gasteiger partial charge < -0.3 is 9.47 Å². The summed E-state index contributed by atoms with van der Waals surface area (Å²) in [5.74, 6) is -1.48. The van der Waals surface area contributed by atoms with Crippen molar-refractivity contribution in [3.8, 4) is 0 Å². The second-order valence-electron chi connectivity index (χ2n) is 6.50. The summed E-state index contributed by atoms with van der Waals surface area (Å²) in [4.78, 5) is 23.8. The molecule has 148 valence electrons. The van der Waals surface area contributed by atoms with Crippen molar-refractivity contribution in [2.75, 3.05) is 21.3 Å². The highest BCUT2D eigenvalue weighted by atomic mass is 32.2. The quantitative estimate of drug-likeness (QED) is 0.713. The Labute approximate surface area is 163 Å². The zero-order valence-corrected chi connectivity index (χ0v) is 16.7. The molecule has 7 nitrogen and oxygen atoms in total. The monoisotopic (exact) mass is 403 g/mol. The van der Waals surface area contributed by atoms with Gasteiger partial charge in [0.15, 0.2) is 0 Å². The third kappa shape index (κ3) is 3.53. The molecule has 1 aliphatic carbocycles. The normalized spacial score (nSPS) is 15.9. The number of fused-ring (bicyclic) bond motifs is 1. The predicted octanol–water partition coefficient (Wildman–Crippen LogP) is 2.57. The maximum atomic E-state index is 13.3. The predicted molar refractivity (Wildman–Crippen MR) is 102 cm³/mol.